The summed E-state index contributed by atoms with van der Waals surface area (Å²) in [5.41, 5.74) is 19.1. The lowest BCUT2D eigenvalue weighted by molar-refractivity contribution is 0.850. The predicted molar refractivity (Wildman–Crippen MR) is 277 cm³/mol. The van der Waals surface area contributed by atoms with Crippen molar-refractivity contribution in [1.29, 1.82) is 10.5 Å². The van der Waals surface area contributed by atoms with E-state index >= 15 is 0 Å². The van der Waals surface area contributed by atoms with E-state index in [-0.39, 0.29) is 0 Å². The molecule has 6 bridgehead atoms. The summed E-state index contributed by atoms with van der Waals surface area (Å²) in [6.07, 6.45) is 16.4. The van der Waals surface area contributed by atoms with Crippen LogP contribution in [0.3, 0.4) is 0 Å². The Hall–Kier alpha value is -8.03. The van der Waals surface area contributed by atoms with Crippen molar-refractivity contribution in [3.63, 3.8) is 0 Å². The van der Waals surface area contributed by atoms with Crippen LogP contribution in [0.15, 0.2) is 167 Å². The lowest BCUT2D eigenvalue weighted by atomic mass is 9.98. The molecule has 0 N–H and O–H groups in total. The van der Waals surface area contributed by atoms with Crippen molar-refractivity contribution >= 4 is 49.4 Å². The normalized spacial score (nSPS) is 14.1. The van der Waals surface area contributed by atoms with Crippen molar-refractivity contribution < 1.29 is 0 Å². The van der Waals surface area contributed by atoms with Crippen LogP contribution in [0.1, 0.15) is 94.4 Å². The summed E-state index contributed by atoms with van der Waals surface area (Å²) < 4.78 is 5.07. The largest absolute Gasteiger partial charge is 0.564 e. The van der Waals surface area contributed by atoms with E-state index in [2.05, 4.69) is 175 Å². The number of fused-ring (bicyclic) bond motifs is 2. The van der Waals surface area contributed by atoms with Crippen molar-refractivity contribution in [3.8, 4) is 12.1 Å². The fourth-order valence-corrected chi connectivity index (χ4v) is 11.5. The van der Waals surface area contributed by atoms with Gasteiger partial charge >= 0.3 is 15.7 Å². The Labute approximate surface area is 410 Å². The summed E-state index contributed by atoms with van der Waals surface area (Å²) in [7, 11) is 0. The molecule has 4 aliphatic heterocycles. The average molecular weight is 908 g/mol. The maximum Gasteiger partial charge on any atom is 0.564 e. The minimum absolute atomic E-state index is 0.516. The van der Waals surface area contributed by atoms with Gasteiger partial charge in [0.1, 0.15) is 0 Å². The molecule has 9 heteroatoms. The van der Waals surface area contributed by atoms with E-state index in [9.17, 15) is 10.5 Å². The van der Waals surface area contributed by atoms with Gasteiger partial charge in [-0.3, -0.25) is 0 Å². The molecule has 69 heavy (non-hydrogen) atoms. The Balaban J connectivity index is 1.26. The fourth-order valence-electron chi connectivity index (χ4n) is 9.89. The Morgan fingerprint density at radius 2 is 0.797 bits per heavy atom. The monoisotopic (exact) mass is 907 g/mol. The van der Waals surface area contributed by atoms with Gasteiger partial charge < -0.3 is 16.8 Å². The molecule has 0 atom stereocenters. The number of hydrogen-bond donors (Lipinski definition) is 0. The van der Waals surface area contributed by atoms with E-state index in [0.717, 1.165) is 141 Å². The number of nitrogens with zero attached hydrogens (tertiary/aromatic N) is 8. The van der Waals surface area contributed by atoms with Crippen molar-refractivity contribution in [1.82, 2.24) is 7.10 Å². The molecule has 0 unspecified atom stereocenters. The van der Waals surface area contributed by atoms with Crippen LogP contribution in [-0.2, 0) is 25.7 Å². The van der Waals surface area contributed by atoms with Crippen molar-refractivity contribution in [2.45, 2.75) is 64.2 Å². The highest BCUT2D eigenvalue weighted by molar-refractivity contribution is 6.37. The first-order valence-electron chi connectivity index (χ1n) is 23.9. The van der Waals surface area contributed by atoms with E-state index in [1.54, 1.807) is 0 Å². The minimum atomic E-state index is -0.700. The Kier molecular flexibility index (Phi) is 13.3. The first-order valence-corrected chi connectivity index (χ1v) is 24.9. The van der Waals surface area contributed by atoms with Crippen LogP contribution in [0.5, 0.6) is 0 Å². The Bertz CT molecular complexity index is 3240. The summed E-state index contributed by atoms with van der Waals surface area (Å²) in [6.45, 7) is 15.7. The van der Waals surface area contributed by atoms with Crippen LogP contribution >= 0.6 is 0 Å². The number of aromatic nitrogens is 2. The number of benzene rings is 4. The molecule has 0 fully saturated rings. The maximum atomic E-state index is 9.25. The zero-order valence-electron chi connectivity index (χ0n) is 38.5. The highest BCUT2D eigenvalue weighted by Crippen LogP contribution is 2.39. The SMILES string of the molecule is [C-]#[N+]CCCc1ccc(C2=C3C=CC(=N3)C(c3ccc(CCCC#N)cc3)=c3ccc4[n]3[Al][n]3c2ccc3C(c2ccc(CCC[N+]#[C-])cc2)=C2C=CC(=N2)C=4c2ccc(CCCC#N)cc2)cc1. The number of aryl methyl sites for hydroxylation is 4. The highest BCUT2D eigenvalue weighted by Gasteiger charge is 2.30. The number of nitriles is 2. The number of allylic oxidation sites excluding steroid dienone is 4. The molecule has 0 spiro atoms. The van der Waals surface area contributed by atoms with Crippen LogP contribution in [0, 0.1) is 35.8 Å². The summed E-state index contributed by atoms with van der Waals surface area (Å²) in [6, 6.07) is 49.0. The Morgan fingerprint density at radius 3 is 1.16 bits per heavy atom. The van der Waals surface area contributed by atoms with E-state index in [1.807, 2.05) is 0 Å². The molecule has 6 heterocycles. The number of aliphatic imine (C=N–C) groups is 2. The van der Waals surface area contributed by atoms with Crippen molar-refractivity contribution in [2.75, 3.05) is 13.1 Å². The van der Waals surface area contributed by atoms with Gasteiger partial charge in [0.2, 0.25) is 13.1 Å². The summed E-state index contributed by atoms with van der Waals surface area (Å²) in [4.78, 5) is 18.3. The minimum Gasteiger partial charge on any atom is -0.420 e. The first-order chi connectivity index (χ1) is 34.0. The lowest BCUT2D eigenvalue weighted by Crippen LogP contribution is -2.40. The molecule has 331 valence electrons. The van der Waals surface area contributed by atoms with Crippen LogP contribution in [-0.4, -0.2) is 47.3 Å². The summed E-state index contributed by atoms with van der Waals surface area (Å²) in [5.74, 6) is 0. The molecular formula is C60H48AlN8. The van der Waals surface area contributed by atoms with Gasteiger partial charge in [0.15, 0.2) is 0 Å². The first kappa shape index (κ1) is 44.8. The molecule has 0 amide bonds. The quantitative estimate of drug-likeness (QED) is 0.0550. The third-order valence-electron chi connectivity index (χ3n) is 13.3. The molecule has 10 rings (SSSR count). The standard InChI is InChI=1S/C60H48N8.Al/c1-63-39-7-11-43-17-25-47(26-18-43)59-53-33-31-51(66-53)57(45-21-13-41(14-22-45)9-3-5-37-61)49-29-30-50(65-49)58(46-23-15-42(16-24-46)10-4-6-38-62)52-32-34-54(67-52)60(56-36-35-55(59)68-56)48-27-19-44(20-28-48)12-8-40-64-2;/h13-36H,3-12,39-40H2;/q-2;+2. The van der Waals surface area contributed by atoms with Gasteiger partial charge in [0, 0.05) is 70.1 Å². The van der Waals surface area contributed by atoms with Gasteiger partial charge in [-0.15, -0.1) is 0 Å². The molecule has 4 aromatic carbocycles. The second-order valence-corrected chi connectivity index (χ2v) is 19.0. The molecule has 4 aliphatic rings. The van der Waals surface area contributed by atoms with Crippen LogP contribution < -0.4 is 10.7 Å². The molecule has 0 saturated carbocycles. The van der Waals surface area contributed by atoms with E-state index in [0.29, 0.717) is 25.9 Å². The fraction of sp³-hybridized carbons (Fsp3) is 0.200. The second kappa shape index (κ2) is 20.5. The van der Waals surface area contributed by atoms with Crippen LogP contribution in [0.2, 0.25) is 0 Å². The van der Waals surface area contributed by atoms with Gasteiger partial charge in [-0.2, -0.15) is 10.5 Å². The van der Waals surface area contributed by atoms with Gasteiger partial charge in [-0.25, -0.2) is 23.1 Å². The van der Waals surface area contributed by atoms with Crippen molar-refractivity contribution in [2.24, 2.45) is 9.98 Å². The van der Waals surface area contributed by atoms with E-state index < -0.39 is 15.7 Å². The zero-order chi connectivity index (χ0) is 47.1. The van der Waals surface area contributed by atoms with Crippen molar-refractivity contribution in [3.05, 3.63) is 246 Å². The van der Waals surface area contributed by atoms with E-state index in [1.165, 1.54) is 22.3 Å². The zero-order valence-corrected chi connectivity index (χ0v) is 39.7. The number of hydrogen-bond acceptors (Lipinski definition) is 4. The molecule has 2 aromatic heterocycles. The van der Waals surface area contributed by atoms with Gasteiger partial charge in [0.05, 0.1) is 35.0 Å². The molecular weight excluding hydrogens is 860 g/mol. The second-order valence-electron chi connectivity index (χ2n) is 17.8. The summed E-state index contributed by atoms with van der Waals surface area (Å²) >= 11 is -0.700. The number of rotatable bonds is 16. The molecule has 1 radical (unpaired) electrons. The molecule has 8 nitrogen and oxygen atoms in total. The highest BCUT2D eigenvalue weighted by atomic mass is 27.1. The average Bonchev–Trinajstić information content (AvgIpc) is 4.22. The third-order valence-corrected chi connectivity index (χ3v) is 14.9. The van der Waals surface area contributed by atoms with Gasteiger partial charge in [-0.1, -0.05) is 97.1 Å². The van der Waals surface area contributed by atoms with Crippen LogP contribution in [0.4, 0.5) is 0 Å². The smallest absolute Gasteiger partial charge is 0.420 e. The maximum absolute atomic E-state index is 9.25. The molecule has 0 aliphatic carbocycles. The number of unbranched alkanes of at least 4 members (excludes halogenated alkanes) is 2. The third kappa shape index (κ3) is 9.21. The summed E-state index contributed by atoms with van der Waals surface area (Å²) in [5, 5.41) is 20.6. The Morgan fingerprint density at radius 1 is 0.435 bits per heavy atom. The van der Waals surface area contributed by atoms with Gasteiger partial charge in [-0.05, 0) is 132 Å². The lowest BCUT2D eigenvalue weighted by Gasteiger charge is -2.22. The van der Waals surface area contributed by atoms with E-state index in [4.69, 9.17) is 23.1 Å². The predicted octanol–water partition coefficient (Wildman–Crippen LogP) is 10.6. The molecule has 6 aromatic rings. The van der Waals surface area contributed by atoms with Crippen LogP contribution in [0.25, 0.3) is 32.0 Å². The topological polar surface area (TPSA) is 90.9 Å². The molecule has 0 saturated heterocycles. The van der Waals surface area contributed by atoms with Gasteiger partial charge in [0.25, 0.3) is 0 Å².